The molecule has 0 fully saturated rings. The molecule has 5 heteroatoms. The summed E-state index contributed by atoms with van der Waals surface area (Å²) >= 11 is 1.75. The van der Waals surface area contributed by atoms with E-state index < -0.39 is 0 Å². The van der Waals surface area contributed by atoms with E-state index in [1.54, 1.807) is 18.7 Å². The van der Waals surface area contributed by atoms with E-state index in [1.807, 2.05) is 31.2 Å². The van der Waals surface area contributed by atoms with Crippen molar-refractivity contribution in [1.82, 2.24) is 5.32 Å². The molecular weight excluding hydrogens is 272 g/mol. The normalized spacial score (nSPS) is 13.6. The smallest absolute Gasteiger partial charge is 0.319 e. The molecule has 0 radical (unpaired) electrons. The van der Waals surface area contributed by atoms with Gasteiger partial charge in [-0.25, -0.2) is 4.79 Å². The zero-order chi connectivity index (χ0) is 15.0. The fraction of sp³-hybridized carbons (Fsp3) is 0.533. The van der Waals surface area contributed by atoms with E-state index in [2.05, 4.69) is 16.9 Å². The second-order valence-corrected chi connectivity index (χ2v) is 6.02. The van der Waals surface area contributed by atoms with Crippen molar-refractivity contribution >= 4 is 23.5 Å². The molecule has 0 spiro atoms. The minimum absolute atomic E-state index is 0.205. The van der Waals surface area contributed by atoms with Crippen molar-refractivity contribution in [2.24, 2.45) is 5.92 Å². The molecule has 1 rings (SSSR count). The summed E-state index contributed by atoms with van der Waals surface area (Å²) < 4.78 is 0. The summed E-state index contributed by atoms with van der Waals surface area (Å²) in [6.45, 7) is 4.32. The average molecular weight is 296 g/mol. The number of carbonyl (C=O) groups excluding carboxylic acids is 1. The van der Waals surface area contributed by atoms with Crippen molar-refractivity contribution in [3.8, 4) is 0 Å². The third kappa shape index (κ3) is 6.82. The van der Waals surface area contributed by atoms with E-state index in [1.165, 1.54) is 5.56 Å². The van der Waals surface area contributed by atoms with E-state index in [-0.39, 0.29) is 18.1 Å². The molecule has 0 aliphatic carbocycles. The van der Waals surface area contributed by atoms with Gasteiger partial charge in [0.25, 0.3) is 0 Å². The van der Waals surface area contributed by atoms with Gasteiger partial charge in [-0.2, -0.15) is 11.8 Å². The summed E-state index contributed by atoms with van der Waals surface area (Å²) in [5.74, 6) is 1.19. The van der Waals surface area contributed by atoms with Crippen molar-refractivity contribution in [2.45, 2.75) is 32.1 Å². The number of benzene rings is 1. The Labute approximate surface area is 125 Å². The molecule has 112 valence electrons. The van der Waals surface area contributed by atoms with Crippen molar-refractivity contribution in [2.75, 3.05) is 18.1 Å². The molecule has 1 aromatic rings. The fourth-order valence-corrected chi connectivity index (χ4v) is 2.53. The van der Waals surface area contributed by atoms with Crippen LogP contribution in [0.3, 0.4) is 0 Å². The zero-order valence-corrected chi connectivity index (χ0v) is 13.2. The lowest BCUT2D eigenvalue weighted by atomic mass is 10.1. The Bertz CT molecular complexity index is 424. The number of hydrogen-bond acceptors (Lipinski definition) is 3. The van der Waals surface area contributed by atoms with Gasteiger partial charge in [-0.1, -0.05) is 19.1 Å². The van der Waals surface area contributed by atoms with Gasteiger partial charge in [0, 0.05) is 18.0 Å². The topological polar surface area (TPSA) is 61.4 Å². The number of nitrogens with one attached hydrogen (secondary N) is 2. The van der Waals surface area contributed by atoms with Gasteiger partial charge in [0.05, 0.1) is 6.10 Å². The molecule has 0 aromatic heterocycles. The monoisotopic (exact) mass is 296 g/mol. The Morgan fingerprint density at radius 1 is 1.40 bits per heavy atom. The number of anilines is 1. The molecule has 0 aliphatic rings. The lowest BCUT2D eigenvalue weighted by Gasteiger charge is -2.15. The molecule has 2 atom stereocenters. The molecule has 3 N–H and O–H groups in total. The summed E-state index contributed by atoms with van der Waals surface area (Å²) in [6.07, 6.45) is 2.40. The Hall–Kier alpha value is -1.20. The van der Waals surface area contributed by atoms with Crippen LogP contribution in [0.4, 0.5) is 10.5 Å². The summed E-state index contributed by atoms with van der Waals surface area (Å²) in [6, 6.07) is 7.64. The molecule has 0 bridgehead atoms. The van der Waals surface area contributed by atoms with Crippen molar-refractivity contribution in [3.05, 3.63) is 29.8 Å². The van der Waals surface area contributed by atoms with Crippen LogP contribution in [0, 0.1) is 5.92 Å². The fourth-order valence-electron chi connectivity index (χ4n) is 2.01. The van der Waals surface area contributed by atoms with Gasteiger partial charge in [-0.3, -0.25) is 0 Å². The summed E-state index contributed by atoms with van der Waals surface area (Å²) in [4.78, 5) is 11.8. The first-order chi connectivity index (χ1) is 9.51. The molecule has 2 amide bonds. The molecule has 0 saturated heterocycles. The lowest BCUT2D eigenvalue weighted by Crippen LogP contribution is -2.33. The molecule has 4 nitrogen and oxygen atoms in total. The number of urea groups is 1. The molecule has 0 aliphatic heterocycles. The molecular formula is C15H24N2O2S. The largest absolute Gasteiger partial charge is 0.393 e. The predicted octanol–water partition coefficient (Wildman–Crippen LogP) is 3.08. The van der Waals surface area contributed by atoms with Crippen LogP contribution >= 0.6 is 11.8 Å². The quantitative estimate of drug-likeness (QED) is 0.724. The van der Waals surface area contributed by atoms with Crippen LogP contribution in [-0.2, 0) is 5.75 Å². The highest BCUT2D eigenvalue weighted by Gasteiger charge is 2.08. The Morgan fingerprint density at radius 3 is 2.80 bits per heavy atom. The summed E-state index contributed by atoms with van der Waals surface area (Å²) in [5, 5.41) is 14.9. The SMILES string of the molecule is CSCc1cccc(NC(=O)NC[C@@H](C)C[C@H](C)O)c1. The van der Waals surface area contributed by atoms with Gasteiger partial charge in [0.15, 0.2) is 0 Å². The number of thioether (sulfide) groups is 1. The first-order valence-electron chi connectivity index (χ1n) is 6.82. The molecule has 20 heavy (non-hydrogen) atoms. The van der Waals surface area contributed by atoms with Crippen LogP contribution in [0.1, 0.15) is 25.8 Å². The maximum atomic E-state index is 11.8. The average Bonchev–Trinajstić information content (AvgIpc) is 2.36. The maximum absolute atomic E-state index is 11.8. The van der Waals surface area contributed by atoms with Gasteiger partial charge in [0.1, 0.15) is 0 Å². The number of aliphatic hydroxyl groups is 1. The standard InChI is InChI=1S/C15H24N2O2S/c1-11(7-12(2)18)9-16-15(19)17-14-6-4-5-13(8-14)10-20-3/h4-6,8,11-12,18H,7,9-10H2,1-3H3,(H2,16,17,19)/t11-,12-/m0/s1. The van der Waals surface area contributed by atoms with E-state index in [9.17, 15) is 9.90 Å². The van der Waals surface area contributed by atoms with E-state index in [0.717, 1.165) is 11.4 Å². The summed E-state index contributed by atoms with van der Waals surface area (Å²) in [5.41, 5.74) is 2.00. The minimum Gasteiger partial charge on any atom is -0.393 e. The third-order valence-electron chi connectivity index (χ3n) is 2.85. The van der Waals surface area contributed by atoms with Crippen LogP contribution in [0.15, 0.2) is 24.3 Å². The number of amides is 2. The minimum atomic E-state index is -0.335. The first kappa shape index (κ1) is 16.9. The third-order valence-corrected chi connectivity index (χ3v) is 3.47. The number of carbonyl (C=O) groups is 1. The van der Waals surface area contributed by atoms with E-state index in [4.69, 9.17) is 0 Å². The number of rotatable bonds is 7. The Balaban J connectivity index is 2.40. The lowest BCUT2D eigenvalue weighted by molar-refractivity contribution is 0.163. The van der Waals surface area contributed by atoms with E-state index in [0.29, 0.717) is 13.0 Å². The highest BCUT2D eigenvalue weighted by molar-refractivity contribution is 7.97. The molecule has 0 heterocycles. The van der Waals surface area contributed by atoms with Crippen LogP contribution in [-0.4, -0.2) is 30.0 Å². The molecule has 0 unspecified atom stereocenters. The van der Waals surface area contributed by atoms with Crippen LogP contribution < -0.4 is 10.6 Å². The predicted molar refractivity (Wildman–Crippen MR) is 86.1 cm³/mol. The Kier molecular flexibility index (Phi) is 7.47. The van der Waals surface area contributed by atoms with Crippen molar-refractivity contribution in [1.29, 1.82) is 0 Å². The van der Waals surface area contributed by atoms with Gasteiger partial charge in [-0.15, -0.1) is 0 Å². The van der Waals surface area contributed by atoms with Gasteiger partial charge < -0.3 is 15.7 Å². The van der Waals surface area contributed by atoms with Crippen LogP contribution in [0.5, 0.6) is 0 Å². The molecule has 1 aromatic carbocycles. The molecule has 0 saturated carbocycles. The first-order valence-corrected chi connectivity index (χ1v) is 8.21. The number of hydrogen-bond donors (Lipinski definition) is 3. The van der Waals surface area contributed by atoms with Crippen LogP contribution in [0.25, 0.3) is 0 Å². The number of aliphatic hydroxyl groups excluding tert-OH is 1. The second-order valence-electron chi connectivity index (χ2n) is 5.16. The highest BCUT2D eigenvalue weighted by Crippen LogP contribution is 2.14. The van der Waals surface area contributed by atoms with E-state index >= 15 is 0 Å². The van der Waals surface area contributed by atoms with Gasteiger partial charge in [-0.05, 0) is 43.2 Å². The van der Waals surface area contributed by atoms with Crippen LogP contribution in [0.2, 0.25) is 0 Å². The second kappa shape index (κ2) is 8.87. The van der Waals surface area contributed by atoms with Gasteiger partial charge >= 0.3 is 6.03 Å². The van der Waals surface area contributed by atoms with Gasteiger partial charge in [0.2, 0.25) is 0 Å². The van der Waals surface area contributed by atoms with Crippen molar-refractivity contribution in [3.63, 3.8) is 0 Å². The zero-order valence-electron chi connectivity index (χ0n) is 12.3. The highest BCUT2D eigenvalue weighted by atomic mass is 32.2. The summed E-state index contributed by atoms with van der Waals surface area (Å²) in [7, 11) is 0. The van der Waals surface area contributed by atoms with Crippen molar-refractivity contribution < 1.29 is 9.90 Å². The Morgan fingerprint density at radius 2 is 2.15 bits per heavy atom. The maximum Gasteiger partial charge on any atom is 0.319 e.